The average Bonchev–Trinajstić information content (AvgIpc) is 3.18. The summed E-state index contributed by atoms with van der Waals surface area (Å²) in [6, 6.07) is 19.2. The Hall–Kier alpha value is -3.23. The fraction of sp³-hybridized carbons (Fsp3) is 0.182. The molecular weight excluding hydrogens is 402 g/mol. The molecule has 4 rings (SSSR count). The highest BCUT2D eigenvalue weighted by molar-refractivity contribution is 7.89. The third-order valence-electron chi connectivity index (χ3n) is 4.97. The van der Waals surface area contributed by atoms with Crippen molar-refractivity contribution in [2.75, 3.05) is 23.3 Å². The molecule has 0 atom stereocenters. The van der Waals surface area contributed by atoms with Gasteiger partial charge in [-0.2, -0.15) is 0 Å². The minimum Gasteiger partial charge on any atom is -0.325 e. The van der Waals surface area contributed by atoms with Crippen LogP contribution in [0.5, 0.6) is 0 Å². The predicted molar refractivity (Wildman–Crippen MR) is 116 cm³/mol. The molecule has 1 aliphatic heterocycles. The number of hydrogen-bond donors (Lipinski definition) is 2. The van der Waals surface area contributed by atoms with Gasteiger partial charge in [0.05, 0.1) is 11.4 Å². The molecule has 0 bridgehead atoms. The zero-order chi connectivity index (χ0) is 21.1. The van der Waals surface area contributed by atoms with E-state index < -0.39 is 22.5 Å². The summed E-state index contributed by atoms with van der Waals surface area (Å²) in [7, 11) is -3.83. The summed E-state index contributed by atoms with van der Waals surface area (Å²) in [6.07, 6.45) is 1.33. The Morgan fingerprint density at radius 2 is 1.77 bits per heavy atom. The van der Waals surface area contributed by atoms with Crippen molar-refractivity contribution in [3.8, 4) is 0 Å². The number of sulfonamides is 1. The van der Waals surface area contributed by atoms with E-state index in [2.05, 4.69) is 10.0 Å². The Morgan fingerprint density at radius 3 is 2.53 bits per heavy atom. The highest BCUT2D eigenvalue weighted by atomic mass is 32.2. The number of carbonyl (C=O) groups excluding carboxylic acids is 2. The molecular formula is C22H21N3O4S. The smallest absolute Gasteiger partial charge is 0.241 e. The van der Waals surface area contributed by atoms with Crippen LogP contribution < -0.4 is 14.9 Å². The van der Waals surface area contributed by atoms with Crippen molar-refractivity contribution < 1.29 is 18.0 Å². The van der Waals surface area contributed by atoms with E-state index in [-0.39, 0.29) is 10.8 Å². The molecule has 0 aromatic heterocycles. The second kappa shape index (κ2) is 8.25. The third-order valence-corrected chi connectivity index (χ3v) is 6.37. The van der Waals surface area contributed by atoms with E-state index in [9.17, 15) is 18.0 Å². The van der Waals surface area contributed by atoms with Gasteiger partial charge < -0.3 is 10.2 Å². The Balaban J connectivity index is 1.41. The fourth-order valence-corrected chi connectivity index (χ4v) is 4.47. The van der Waals surface area contributed by atoms with Gasteiger partial charge in [-0.1, -0.05) is 36.4 Å². The number of hydrogen-bond acceptors (Lipinski definition) is 4. The Morgan fingerprint density at radius 1 is 0.967 bits per heavy atom. The maximum atomic E-state index is 12.6. The first-order chi connectivity index (χ1) is 14.4. The predicted octanol–water partition coefficient (Wildman–Crippen LogP) is 2.88. The van der Waals surface area contributed by atoms with Crippen molar-refractivity contribution in [2.24, 2.45) is 0 Å². The number of anilines is 2. The number of nitrogens with zero attached hydrogens (tertiary/aromatic N) is 1. The van der Waals surface area contributed by atoms with Crippen molar-refractivity contribution >= 4 is 44.0 Å². The van der Waals surface area contributed by atoms with Gasteiger partial charge in [0.25, 0.3) is 0 Å². The molecule has 0 aliphatic carbocycles. The van der Waals surface area contributed by atoms with E-state index in [1.807, 2.05) is 24.3 Å². The van der Waals surface area contributed by atoms with Crippen molar-refractivity contribution in [2.45, 2.75) is 17.7 Å². The Labute approximate surface area is 174 Å². The maximum absolute atomic E-state index is 12.6. The lowest BCUT2D eigenvalue weighted by Gasteiger charge is -2.16. The first-order valence-electron chi connectivity index (χ1n) is 9.61. The van der Waals surface area contributed by atoms with Gasteiger partial charge >= 0.3 is 0 Å². The summed E-state index contributed by atoms with van der Waals surface area (Å²) in [6.45, 7) is 0.254. The summed E-state index contributed by atoms with van der Waals surface area (Å²) >= 11 is 0. The van der Waals surface area contributed by atoms with Crippen molar-refractivity contribution in [1.82, 2.24) is 4.72 Å². The molecule has 0 radical (unpaired) electrons. The first kappa shape index (κ1) is 20.1. The van der Waals surface area contributed by atoms with Gasteiger partial charge in [0.15, 0.2) is 0 Å². The van der Waals surface area contributed by atoms with Gasteiger partial charge in [-0.25, -0.2) is 13.1 Å². The van der Waals surface area contributed by atoms with Gasteiger partial charge in [-0.15, -0.1) is 0 Å². The highest BCUT2D eigenvalue weighted by Gasteiger charge is 2.22. The number of rotatable bonds is 6. The van der Waals surface area contributed by atoms with Crippen LogP contribution in [0.3, 0.4) is 0 Å². The Kier molecular flexibility index (Phi) is 5.52. The zero-order valence-electron chi connectivity index (χ0n) is 16.2. The lowest BCUT2D eigenvalue weighted by Crippen LogP contribution is -2.33. The molecule has 1 aliphatic rings. The topological polar surface area (TPSA) is 95.6 Å². The SMILES string of the molecule is O=C(CNS(=O)(=O)c1ccc2ccccc2c1)Nc1cccc(N2CCCC2=O)c1. The van der Waals surface area contributed by atoms with E-state index in [1.54, 1.807) is 41.3 Å². The normalized spacial score (nSPS) is 14.3. The molecule has 1 heterocycles. The second-order valence-electron chi connectivity index (χ2n) is 7.08. The number of carbonyl (C=O) groups is 2. The van der Waals surface area contributed by atoms with Crippen LogP contribution in [0.4, 0.5) is 11.4 Å². The molecule has 1 saturated heterocycles. The minimum absolute atomic E-state index is 0.0571. The van der Waals surface area contributed by atoms with Crippen LogP contribution in [0, 0.1) is 0 Å². The van der Waals surface area contributed by atoms with Gasteiger partial charge in [0.2, 0.25) is 21.8 Å². The molecule has 7 nitrogen and oxygen atoms in total. The monoisotopic (exact) mass is 423 g/mol. The highest BCUT2D eigenvalue weighted by Crippen LogP contribution is 2.24. The van der Waals surface area contributed by atoms with Gasteiger partial charge in [0.1, 0.15) is 0 Å². The first-order valence-corrected chi connectivity index (χ1v) is 11.1. The second-order valence-corrected chi connectivity index (χ2v) is 8.85. The van der Waals surface area contributed by atoms with Crippen LogP contribution in [0.25, 0.3) is 10.8 Å². The maximum Gasteiger partial charge on any atom is 0.241 e. The molecule has 154 valence electrons. The van der Waals surface area contributed by atoms with Gasteiger partial charge in [-0.05, 0) is 47.5 Å². The lowest BCUT2D eigenvalue weighted by atomic mass is 10.1. The molecule has 2 amide bonds. The van der Waals surface area contributed by atoms with Crippen LogP contribution in [0.1, 0.15) is 12.8 Å². The van der Waals surface area contributed by atoms with E-state index in [0.717, 1.165) is 17.2 Å². The molecule has 1 fully saturated rings. The van der Waals surface area contributed by atoms with Crippen molar-refractivity contribution in [1.29, 1.82) is 0 Å². The molecule has 0 spiro atoms. The largest absolute Gasteiger partial charge is 0.325 e. The average molecular weight is 423 g/mol. The van der Waals surface area contributed by atoms with Gasteiger partial charge in [0, 0.05) is 24.3 Å². The molecule has 3 aromatic rings. The molecule has 2 N–H and O–H groups in total. The summed E-state index contributed by atoms with van der Waals surface area (Å²) in [5, 5.41) is 4.41. The Bertz CT molecular complexity index is 1220. The van der Waals surface area contributed by atoms with Crippen LogP contribution in [0.15, 0.2) is 71.6 Å². The third kappa shape index (κ3) is 4.34. The molecule has 0 saturated carbocycles. The van der Waals surface area contributed by atoms with E-state index >= 15 is 0 Å². The lowest BCUT2D eigenvalue weighted by molar-refractivity contribution is -0.117. The summed E-state index contributed by atoms with van der Waals surface area (Å²) in [5.41, 5.74) is 1.22. The van der Waals surface area contributed by atoms with Crippen molar-refractivity contribution in [3.05, 3.63) is 66.7 Å². The van der Waals surface area contributed by atoms with E-state index in [1.165, 1.54) is 6.07 Å². The molecule has 3 aromatic carbocycles. The minimum atomic E-state index is -3.83. The number of nitrogens with one attached hydrogen (secondary N) is 2. The van der Waals surface area contributed by atoms with Crippen molar-refractivity contribution in [3.63, 3.8) is 0 Å². The summed E-state index contributed by atoms with van der Waals surface area (Å²) in [4.78, 5) is 26.0. The number of benzene rings is 3. The van der Waals surface area contributed by atoms with Crippen LogP contribution in [0.2, 0.25) is 0 Å². The quantitative estimate of drug-likeness (QED) is 0.637. The van der Waals surface area contributed by atoms with E-state index in [4.69, 9.17) is 0 Å². The number of amides is 2. The molecule has 0 unspecified atom stereocenters. The molecule has 8 heteroatoms. The summed E-state index contributed by atoms with van der Waals surface area (Å²) in [5.74, 6) is -0.439. The van der Waals surface area contributed by atoms with Crippen LogP contribution >= 0.6 is 0 Å². The number of fused-ring (bicyclic) bond motifs is 1. The van der Waals surface area contributed by atoms with Crippen LogP contribution in [-0.4, -0.2) is 33.3 Å². The fourth-order valence-electron chi connectivity index (χ4n) is 3.46. The standard InChI is InChI=1S/C22H21N3O4S/c26-21(24-18-7-3-8-19(14-18)25-12-4-9-22(25)27)15-23-30(28,29)20-11-10-16-5-1-2-6-17(16)13-20/h1-3,5-8,10-11,13-14,23H,4,9,12,15H2,(H,24,26). The molecule has 30 heavy (non-hydrogen) atoms. The van der Waals surface area contributed by atoms with Crippen LogP contribution in [-0.2, 0) is 19.6 Å². The van der Waals surface area contributed by atoms with E-state index in [0.29, 0.717) is 24.3 Å². The summed E-state index contributed by atoms with van der Waals surface area (Å²) < 4.78 is 27.5. The zero-order valence-corrected chi connectivity index (χ0v) is 17.0. The van der Waals surface area contributed by atoms with Gasteiger partial charge in [-0.3, -0.25) is 9.59 Å².